The number of nitrogens with zero attached hydrogens (tertiary/aromatic N) is 2. The zero-order valence-corrected chi connectivity index (χ0v) is 12.8. The molecule has 0 aliphatic heterocycles. The van der Waals surface area contributed by atoms with Gasteiger partial charge in [-0.25, -0.2) is 4.98 Å². The highest BCUT2D eigenvalue weighted by atomic mass is 35.5. The van der Waals surface area contributed by atoms with Crippen LogP contribution in [-0.2, 0) is 6.42 Å². The van der Waals surface area contributed by atoms with Crippen molar-refractivity contribution in [3.8, 4) is 0 Å². The number of allylic oxidation sites excluding steroid dienone is 3. The van der Waals surface area contributed by atoms with Crippen LogP contribution in [0.25, 0.3) is 22.9 Å². The maximum absolute atomic E-state index is 12.4. The molecule has 2 heterocycles. The molecular weight excluding hydrogens is 298 g/mol. The van der Waals surface area contributed by atoms with Crippen LogP contribution < -0.4 is 5.56 Å². The molecule has 5 heteroatoms. The zero-order chi connectivity index (χ0) is 15.3. The summed E-state index contributed by atoms with van der Waals surface area (Å²) in [5.74, 6) is 0.589. The predicted molar refractivity (Wildman–Crippen MR) is 89.2 cm³/mol. The molecule has 4 nitrogen and oxygen atoms in total. The summed E-state index contributed by atoms with van der Waals surface area (Å²) in [5, 5.41) is 0.709. The van der Waals surface area contributed by atoms with Crippen LogP contribution in [0.3, 0.4) is 0 Å². The van der Waals surface area contributed by atoms with Gasteiger partial charge in [0.2, 0.25) is 5.78 Å². The summed E-state index contributed by atoms with van der Waals surface area (Å²) in [6.45, 7) is 2.02. The van der Waals surface area contributed by atoms with Crippen LogP contribution in [0.4, 0.5) is 0 Å². The molecule has 0 saturated heterocycles. The average Bonchev–Trinajstić information content (AvgIpc) is 2.86. The summed E-state index contributed by atoms with van der Waals surface area (Å²) in [6.07, 6.45) is 5.17. The maximum atomic E-state index is 12.4. The fraction of sp³-hybridized carbons (Fsp3) is 0.176. The number of benzene rings is 1. The Morgan fingerprint density at radius 1 is 1.23 bits per heavy atom. The van der Waals surface area contributed by atoms with Crippen LogP contribution in [0.15, 0.2) is 45.7 Å². The average molecular weight is 312 g/mol. The summed E-state index contributed by atoms with van der Waals surface area (Å²) < 4.78 is 2.04. The SMILES string of the molecule is C/C1=C(Cl)\C=C/c2c(n3c(nc4ccccc43)[nH]c2=O)CC1. The van der Waals surface area contributed by atoms with Crippen molar-refractivity contribution in [1.82, 2.24) is 14.4 Å². The van der Waals surface area contributed by atoms with E-state index in [1.165, 1.54) is 0 Å². The Labute approximate surface area is 131 Å². The van der Waals surface area contributed by atoms with Gasteiger partial charge in [-0.2, -0.15) is 0 Å². The van der Waals surface area contributed by atoms with E-state index in [0.717, 1.165) is 35.1 Å². The van der Waals surface area contributed by atoms with E-state index in [1.807, 2.05) is 35.6 Å². The van der Waals surface area contributed by atoms with Gasteiger partial charge in [-0.1, -0.05) is 29.3 Å². The summed E-state index contributed by atoms with van der Waals surface area (Å²) in [4.78, 5) is 19.8. The van der Waals surface area contributed by atoms with E-state index in [1.54, 1.807) is 12.2 Å². The lowest BCUT2D eigenvalue weighted by molar-refractivity contribution is 0.860. The van der Waals surface area contributed by atoms with Crippen molar-refractivity contribution in [1.29, 1.82) is 0 Å². The number of H-pyrrole nitrogens is 1. The van der Waals surface area contributed by atoms with Crippen molar-refractivity contribution in [3.63, 3.8) is 0 Å². The molecular formula is C17H14ClN3O. The van der Waals surface area contributed by atoms with E-state index < -0.39 is 0 Å². The molecule has 0 radical (unpaired) electrons. The summed E-state index contributed by atoms with van der Waals surface area (Å²) in [6, 6.07) is 7.90. The minimum Gasteiger partial charge on any atom is -0.291 e. The van der Waals surface area contributed by atoms with Crippen molar-refractivity contribution in [3.05, 3.63) is 62.6 Å². The Morgan fingerprint density at radius 3 is 2.91 bits per heavy atom. The number of aryl methyl sites for hydroxylation is 1. The Balaban J connectivity index is 2.13. The molecule has 1 aromatic carbocycles. The molecule has 0 unspecified atom stereocenters. The second-order valence-corrected chi connectivity index (χ2v) is 5.94. The second-order valence-electron chi connectivity index (χ2n) is 5.54. The largest absolute Gasteiger partial charge is 0.291 e. The van der Waals surface area contributed by atoms with E-state index in [4.69, 9.17) is 11.6 Å². The first-order valence-electron chi connectivity index (χ1n) is 7.21. The highest BCUT2D eigenvalue weighted by Gasteiger charge is 2.16. The third-order valence-electron chi connectivity index (χ3n) is 4.15. The molecule has 1 N–H and O–H groups in total. The Hall–Kier alpha value is -2.33. The van der Waals surface area contributed by atoms with Gasteiger partial charge in [0.05, 0.1) is 16.6 Å². The fourth-order valence-electron chi connectivity index (χ4n) is 2.95. The molecule has 0 fully saturated rings. The van der Waals surface area contributed by atoms with Crippen LogP contribution in [-0.4, -0.2) is 14.4 Å². The van der Waals surface area contributed by atoms with Gasteiger partial charge in [0.25, 0.3) is 5.56 Å². The lowest BCUT2D eigenvalue weighted by atomic mass is 10.0. The van der Waals surface area contributed by atoms with Crippen molar-refractivity contribution >= 4 is 34.5 Å². The quantitative estimate of drug-likeness (QED) is 0.689. The topological polar surface area (TPSA) is 50.2 Å². The van der Waals surface area contributed by atoms with Crippen molar-refractivity contribution in [2.75, 3.05) is 0 Å². The molecule has 0 amide bonds. The number of para-hydroxylation sites is 2. The van der Waals surface area contributed by atoms with Crippen molar-refractivity contribution < 1.29 is 0 Å². The molecule has 3 aromatic rings. The number of hydrogen-bond donors (Lipinski definition) is 1. The number of fused-ring (bicyclic) bond motifs is 5. The normalized spacial score (nSPS) is 19.9. The third kappa shape index (κ3) is 1.91. The van der Waals surface area contributed by atoms with Gasteiger partial charge in [0.1, 0.15) is 0 Å². The zero-order valence-electron chi connectivity index (χ0n) is 12.1. The Kier molecular flexibility index (Phi) is 2.94. The predicted octanol–water partition coefficient (Wildman–Crippen LogP) is 3.65. The van der Waals surface area contributed by atoms with Crippen molar-refractivity contribution in [2.45, 2.75) is 19.8 Å². The monoisotopic (exact) mass is 311 g/mol. The first-order chi connectivity index (χ1) is 10.6. The maximum Gasteiger partial charge on any atom is 0.259 e. The summed E-state index contributed by atoms with van der Waals surface area (Å²) in [5.41, 5.74) is 4.52. The molecule has 4 rings (SSSR count). The molecule has 0 saturated carbocycles. The molecule has 110 valence electrons. The number of halogens is 1. The minimum absolute atomic E-state index is 0.127. The van der Waals surface area contributed by atoms with Crippen LogP contribution in [0.5, 0.6) is 0 Å². The van der Waals surface area contributed by atoms with E-state index in [2.05, 4.69) is 9.97 Å². The van der Waals surface area contributed by atoms with Gasteiger partial charge in [-0.15, -0.1) is 0 Å². The first kappa shape index (κ1) is 13.3. The second kappa shape index (κ2) is 4.85. The van der Waals surface area contributed by atoms with E-state index in [-0.39, 0.29) is 5.56 Å². The number of imidazole rings is 1. The van der Waals surface area contributed by atoms with Crippen LogP contribution in [0.1, 0.15) is 24.6 Å². The lowest BCUT2D eigenvalue weighted by Gasteiger charge is -2.13. The number of aromatic nitrogens is 3. The molecule has 1 aliphatic rings. The fourth-order valence-corrected chi connectivity index (χ4v) is 3.10. The lowest BCUT2D eigenvalue weighted by Crippen LogP contribution is -2.18. The summed E-state index contributed by atoms with van der Waals surface area (Å²) in [7, 11) is 0. The van der Waals surface area contributed by atoms with Crippen LogP contribution >= 0.6 is 11.6 Å². The molecule has 22 heavy (non-hydrogen) atoms. The molecule has 2 aromatic heterocycles. The molecule has 0 spiro atoms. The summed E-state index contributed by atoms with van der Waals surface area (Å²) >= 11 is 6.22. The van der Waals surface area contributed by atoms with Crippen LogP contribution in [0, 0.1) is 0 Å². The molecule has 0 bridgehead atoms. The number of aromatic amines is 1. The molecule has 0 atom stereocenters. The Morgan fingerprint density at radius 2 is 2.05 bits per heavy atom. The van der Waals surface area contributed by atoms with Crippen LogP contribution in [0.2, 0.25) is 0 Å². The van der Waals surface area contributed by atoms with E-state index in [9.17, 15) is 4.79 Å². The van der Waals surface area contributed by atoms with E-state index >= 15 is 0 Å². The first-order valence-corrected chi connectivity index (χ1v) is 7.58. The van der Waals surface area contributed by atoms with Gasteiger partial charge in [0.15, 0.2) is 0 Å². The minimum atomic E-state index is -0.127. The highest BCUT2D eigenvalue weighted by Crippen LogP contribution is 2.25. The van der Waals surface area contributed by atoms with Gasteiger partial charge in [0, 0.05) is 10.7 Å². The standard InChI is InChI=1S/C17H14ClN3O/c1-10-6-9-14-11(7-8-12(10)18)16(22)20-17-19-13-4-2-3-5-15(13)21(14)17/h2-5,7-8H,6,9H2,1H3,(H,19,20,22)/b8-7-,12-10-. The van der Waals surface area contributed by atoms with Crippen molar-refractivity contribution in [2.24, 2.45) is 0 Å². The van der Waals surface area contributed by atoms with Gasteiger partial charge in [-0.3, -0.25) is 14.2 Å². The third-order valence-corrected chi connectivity index (χ3v) is 4.60. The van der Waals surface area contributed by atoms with E-state index in [0.29, 0.717) is 16.4 Å². The van der Waals surface area contributed by atoms with Gasteiger partial charge >= 0.3 is 0 Å². The van der Waals surface area contributed by atoms with Gasteiger partial charge < -0.3 is 0 Å². The van der Waals surface area contributed by atoms with Gasteiger partial charge in [-0.05, 0) is 44.1 Å². The molecule has 1 aliphatic carbocycles. The highest BCUT2D eigenvalue weighted by molar-refractivity contribution is 6.31. The smallest absolute Gasteiger partial charge is 0.259 e. The number of nitrogens with one attached hydrogen (secondary N) is 1. The number of hydrogen-bond acceptors (Lipinski definition) is 2. The number of rotatable bonds is 0. The Bertz CT molecular complexity index is 1020.